The van der Waals surface area contributed by atoms with Crippen LogP contribution in [0.1, 0.15) is 11.1 Å². The molecule has 16 heavy (non-hydrogen) atoms. The molecule has 0 amide bonds. The van der Waals surface area contributed by atoms with Crippen LogP contribution in [-0.2, 0) is 5.88 Å². The SMILES string of the molecule is Cc1cccc2c1sc1cccc(CCl)c12. The van der Waals surface area contributed by atoms with Crippen LogP contribution in [0.5, 0.6) is 0 Å². The van der Waals surface area contributed by atoms with Gasteiger partial charge >= 0.3 is 0 Å². The summed E-state index contributed by atoms with van der Waals surface area (Å²) in [4.78, 5) is 0. The van der Waals surface area contributed by atoms with Crippen LogP contribution in [0.3, 0.4) is 0 Å². The Morgan fingerprint density at radius 2 is 1.94 bits per heavy atom. The number of halogens is 1. The largest absolute Gasteiger partial charge is 0.135 e. The molecule has 0 aliphatic rings. The lowest BCUT2D eigenvalue weighted by Crippen LogP contribution is -1.78. The van der Waals surface area contributed by atoms with Gasteiger partial charge in [0.15, 0.2) is 0 Å². The van der Waals surface area contributed by atoms with Gasteiger partial charge in [-0.25, -0.2) is 0 Å². The molecule has 0 N–H and O–H groups in total. The molecule has 0 bridgehead atoms. The second-order valence-corrected chi connectivity index (χ2v) is 5.30. The topological polar surface area (TPSA) is 0 Å². The predicted octanol–water partition coefficient (Wildman–Crippen LogP) is 5.10. The highest BCUT2D eigenvalue weighted by Crippen LogP contribution is 2.37. The Bertz CT molecular complexity index is 667. The Hall–Kier alpha value is -1.05. The van der Waals surface area contributed by atoms with E-state index in [0.717, 1.165) is 0 Å². The van der Waals surface area contributed by atoms with Crippen molar-refractivity contribution in [3.05, 3.63) is 47.5 Å². The Morgan fingerprint density at radius 3 is 2.75 bits per heavy atom. The number of fused-ring (bicyclic) bond motifs is 3. The van der Waals surface area contributed by atoms with Crippen molar-refractivity contribution in [2.45, 2.75) is 12.8 Å². The lowest BCUT2D eigenvalue weighted by molar-refractivity contribution is 1.47. The van der Waals surface area contributed by atoms with Gasteiger partial charge in [-0.15, -0.1) is 22.9 Å². The van der Waals surface area contributed by atoms with Crippen molar-refractivity contribution in [3.8, 4) is 0 Å². The van der Waals surface area contributed by atoms with Crippen LogP contribution in [0, 0.1) is 6.92 Å². The van der Waals surface area contributed by atoms with Gasteiger partial charge in [-0.1, -0.05) is 30.3 Å². The summed E-state index contributed by atoms with van der Waals surface area (Å²) in [7, 11) is 0. The average Bonchev–Trinajstić information content (AvgIpc) is 2.69. The number of hydrogen-bond donors (Lipinski definition) is 0. The maximum Gasteiger partial charge on any atom is 0.0480 e. The van der Waals surface area contributed by atoms with Gasteiger partial charge in [0.1, 0.15) is 0 Å². The summed E-state index contributed by atoms with van der Waals surface area (Å²) in [5.41, 5.74) is 2.58. The number of hydrogen-bond acceptors (Lipinski definition) is 1. The van der Waals surface area contributed by atoms with Gasteiger partial charge in [0.2, 0.25) is 0 Å². The van der Waals surface area contributed by atoms with Gasteiger partial charge in [-0.2, -0.15) is 0 Å². The molecule has 0 nitrogen and oxygen atoms in total. The Morgan fingerprint density at radius 1 is 1.12 bits per heavy atom. The number of aryl methyl sites for hydroxylation is 1. The molecule has 0 unspecified atom stereocenters. The van der Waals surface area contributed by atoms with Crippen molar-refractivity contribution in [1.82, 2.24) is 0 Å². The molecule has 0 radical (unpaired) electrons. The molecule has 0 saturated carbocycles. The first-order valence-corrected chi connectivity index (χ1v) is 6.62. The smallest absolute Gasteiger partial charge is 0.0480 e. The molecule has 80 valence electrons. The fourth-order valence-electron chi connectivity index (χ4n) is 2.17. The molecule has 3 aromatic rings. The fourth-order valence-corrected chi connectivity index (χ4v) is 3.61. The Kier molecular flexibility index (Phi) is 2.38. The van der Waals surface area contributed by atoms with Crippen LogP contribution in [0.25, 0.3) is 20.2 Å². The van der Waals surface area contributed by atoms with Crippen molar-refractivity contribution in [1.29, 1.82) is 0 Å². The van der Waals surface area contributed by atoms with Crippen LogP contribution in [0.4, 0.5) is 0 Å². The average molecular weight is 247 g/mol. The summed E-state index contributed by atoms with van der Waals surface area (Å²) in [6.07, 6.45) is 0. The molecule has 0 spiro atoms. The van der Waals surface area contributed by atoms with Gasteiger partial charge in [0, 0.05) is 26.1 Å². The second kappa shape index (κ2) is 3.76. The van der Waals surface area contributed by atoms with E-state index in [9.17, 15) is 0 Å². The maximum atomic E-state index is 6.01. The van der Waals surface area contributed by atoms with E-state index in [-0.39, 0.29) is 0 Å². The molecule has 0 aliphatic heterocycles. The van der Waals surface area contributed by atoms with Gasteiger partial charge in [-0.05, 0) is 24.1 Å². The zero-order valence-electron chi connectivity index (χ0n) is 8.96. The summed E-state index contributed by atoms with van der Waals surface area (Å²) in [6, 6.07) is 12.9. The predicted molar refractivity (Wildman–Crippen MR) is 73.6 cm³/mol. The molecule has 0 saturated heterocycles. The van der Waals surface area contributed by atoms with Crippen LogP contribution in [0.15, 0.2) is 36.4 Å². The highest BCUT2D eigenvalue weighted by molar-refractivity contribution is 7.26. The summed E-state index contributed by atoms with van der Waals surface area (Å²) < 4.78 is 2.72. The molecule has 0 aliphatic carbocycles. The third-order valence-electron chi connectivity index (χ3n) is 2.95. The van der Waals surface area contributed by atoms with E-state index in [4.69, 9.17) is 11.6 Å². The van der Waals surface area contributed by atoms with Crippen LogP contribution in [0.2, 0.25) is 0 Å². The molecule has 3 rings (SSSR count). The second-order valence-electron chi connectivity index (χ2n) is 3.98. The van der Waals surface area contributed by atoms with Crippen LogP contribution < -0.4 is 0 Å². The first-order chi connectivity index (χ1) is 7.81. The molecule has 0 atom stereocenters. The quantitative estimate of drug-likeness (QED) is 0.524. The third kappa shape index (κ3) is 1.35. The molecule has 1 heterocycles. The van der Waals surface area contributed by atoms with Crippen molar-refractivity contribution >= 4 is 43.1 Å². The molecule has 2 heteroatoms. The first kappa shape index (κ1) is 10.1. The van der Waals surface area contributed by atoms with Gasteiger partial charge in [-0.3, -0.25) is 0 Å². The van der Waals surface area contributed by atoms with Gasteiger partial charge in [0.05, 0.1) is 0 Å². The minimum absolute atomic E-state index is 0.580. The summed E-state index contributed by atoms with van der Waals surface area (Å²) in [5, 5.41) is 2.68. The summed E-state index contributed by atoms with van der Waals surface area (Å²) in [6.45, 7) is 2.16. The fraction of sp³-hybridized carbons (Fsp3) is 0.143. The highest BCUT2D eigenvalue weighted by Gasteiger charge is 2.09. The zero-order chi connectivity index (χ0) is 11.1. The van der Waals surface area contributed by atoms with Gasteiger partial charge in [0.25, 0.3) is 0 Å². The highest BCUT2D eigenvalue weighted by atomic mass is 35.5. The van der Waals surface area contributed by atoms with Gasteiger partial charge < -0.3 is 0 Å². The maximum absolute atomic E-state index is 6.01. The van der Waals surface area contributed by atoms with Crippen molar-refractivity contribution in [2.24, 2.45) is 0 Å². The van der Waals surface area contributed by atoms with E-state index in [1.807, 2.05) is 11.3 Å². The zero-order valence-corrected chi connectivity index (χ0v) is 10.5. The number of alkyl halides is 1. The Labute approximate surface area is 103 Å². The lowest BCUT2D eigenvalue weighted by Gasteiger charge is -1.99. The minimum Gasteiger partial charge on any atom is -0.135 e. The van der Waals surface area contributed by atoms with E-state index in [1.165, 1.54) is 31.3 Å². The molecule has 0 fully saturated rings. The molecular weight excluding hydrogens is 236 g/mol. The summed E-state index contributed by atoms with van der Waals surface area (Å²) in [5.74, 6) is 0.580. The number of thiophene rings is 1. The van der Waals surface area contributed by atoms with Crippen LogP contribution in [-0.4, -0.2) is 0 Å². The van der Waals surface area contributed by atoms with Crippen molar-refractivity contribution in [2.75, 3.05) is 0 Å². The molecule has 2 aromatic carbocycles. The normalized spacial score (nSPS) is 11.4. The van der Waals surface area contributed by atoms with Crippen molar-refractivity contribution < 1.29 is 0 Å². The number of benzene rings is 2. The molecule has 1 aromatic heterocycles. The number of rotatable bonds is 1. The van der Waals surface area contributed by atoms with E-state index >= 15 is 0 Å². The standard InChI is InChI=1S/C14H11ClS/c1-9-4-2-6-11-13-10(8-15)5-3-7-12(13)16-14(9)11/h2-7H,8H2,1H3. The van der Waals surface area contributed by atoms with Crippen molar-refractivity contribution in [3.63, 3.8) is 0 Å². The minimum atomic E-state index is 0.580. The van der Waals surface area contributed by atoms with E-state index in [2.05, 4.69) is 43.3 Å². The van der Waals surface area contributed by atoms with E-state index in [0.29, 0.717) is 5.88 Å². The molecular formula is C14H11ClS. The third-order valence-corrected chi connectivity index (χ3v) is 4.54. The first-order valence-electron chi connectivity index (χ1n) is 5.27. The van der Waals surface area contributed by atoms with E-state index < -0.39 is 0 Å². The van der Waals surface area contributed by atoms with Crippen LogP contribution >= 0.6 is 22.9 Å². The monoisotopic (exact) mass is 246 g/mol. The summed E-state index contributed by atoms with van der Waals surface area (Å²) >= 11 is 7.87. The lowest BCUT2D eigenvalue weighted by atomic mass is 10.1. The van der Waals surface area contributed by atoms with E-state index in [1.54, 1.807) is 0 Å². The Balaban J connectivity index is 2.57.